The number of ether oxygens (including phenoxy) is 2. The van der Waals surface area contributed by atoms with E-state index in [2.05, 4.69) is 19.1 Å². The SMILES string of the molecule is CC=C(C)C=CC=C(C)C=CC1=C(C)CCC(OC(=O)CC(N)C(=O)N(C=O)C(Cc2ccccc2)C(=O)OC)C1(C)C. The van der Waals surface area contributed by atoms with Gasteiger partial charge >= 0.3 is 11.9 Å². The minimum atomic E-state index is -1.38. The zero-order valence-electron chi connectivity index (χ0n) is 26.5. The standard InChI is InChI=1S/C35H46N2O6/c1-8-24(2)13-12-14-25(3)17-19-28-26(4)18-20-31(35(28,5)6)43-32(39)22-29(36)33(40)37(23-38)30(34(41)42-7)21-27-15-10-9-11-16-27/h8-17,19,23,29-31H,18,20-22,36H2,1-7H3. The second kappa shape index (κ2) is 16.6. The largest absolute Gasteiger partial charge is 0.467 e. The lowest BCUT2D eigenvalue weighted by molar-refractivity contribution is -0.160. The number of hydrogen-bond donors (Lipinski definition) is 1. The predicted octanol–water partition coefficient (Wildman–Crippen LogP) is 5.55. The van der Waals surface area contributed by atoms with Gasteiger partial charge in [0.25, 0.3) is 0 Å². The molecular weight excluding hydrogens is 544 g/mol. The molecule has 0 spiro atoms. The quantitative estimate of drug-likeness (QED) is 0.182. The fraction of sp³-hybridized carbons (Fsp3) is 0.429. The summed E-state index contributed by atoms with van der Waals surface area (Å²) in [7, 11) is 1.18. The molecule has 1 aromatic carbocycles. The van der Waals surface area contributed by atoms with Crippen molar-refractivity contribution in [1.29, 1.82) is 0 Å². The summed E-state index contributed by atoms with van der Waals surface area (Å²) < 4.78 is 10.7. The Balaban J connectivity index is 2.12. The molecule has 232 valence electrons. The Morgan fingerprint density at radius 3 is 2.40 bits per heavy atom. The van der Waals surface area contributed by atoms with Crippen LogP contribution in [0, 0.1) is 5.41 Å². The highest BCUT2D eigenvalue weighted by Gasteiger charge is 2.40. The third kappa shape index (κ3) is 10.0. The lowest BCUT2D eigenvalue weighted by atomic mass is 9.70. The summed E-state index contributed by atoms with van der Waals surface area (Å²) in [6, 6.07) is 6.32. The monoisotopic (exact) mass is 590 g/mol. The first-order valence-electron chi connectivity index (χ1n) is 14.6. The molecule has 3 unspecified atom stereocenters. The van der Waals surface area contributed by atoms with Gasteiger partial charge in [0.15, 0.2) is 0 Å². The molecule has 1 aromatic rings. The van der Waals surface area contributed by atoms with Crippen molar-refractivity contribution < 1.29 is 28.7 Å². The van der Waals surface area contributed by atoms with Crippen LogP contribution in [0.15, 0.2) is 89.1 Å². The van der Waals surface area contributed by atoms with Crippen LogP contribution in [0.1, 0.15) is 66.4 Å². The highest BCUT2D eigenvalue weighted by Crippen LogP contribution is 2.43. The molecule has 0 saturated heterocycles. The molecule has 8 heteroatoms. The number of carbonyl (C=O) groups excluding carboxylic acids is 4. The minimum absolute atomic E-state index is 0.0494. The van der Waals surface area contributed by atoms with Gasteiger partial charge in [-0.15, -0.1) is 0 Å². The van der Waals surface area contributed by atoms with Crippen LogP contribution >= 0.6 is 0 Å². The molecule has 0 saturated carbocycles. The topological polar surface area (TPSA) is 116 Å². The maximum Gasteiger partial charge on any atom is 0.329 e. The van der Waals surface area contributed by atoms with Crippen molar-refractivity contribution >= 4 is 24.3 Å². The molecule has 0 fully saturated rings. The molecule has 1 aliphatic rings. The number of nitrogens with two attached hydrogens (primary N) is 1. The first kappa shape index (κ1) is 35.2. The average molecular weight is 591 g/mol. The van der Waals surface area contributed by atoms with Crippen molar-refractivity contribution in [2.24, 2.45) is 11.1 Å². The number of hydrogen-bond acceptors (Lipinski definition) is 7. The molecule has 2 amide bonds. The molecule has 0 radical (unpaired) electrons. The lowest BCUT2D eigenvalue weighted by Crippen LogP contribution is -2.52. The summed E-state index contributed by atoms with van der Waals surface area (Å²) in [5.41, 5.74) is 10.9. The van der Waals surface area contributed by atoms with Crippen molar-refractivity contribution in [3.8, 4) is 0 Å². The van der Waals surface area contributed by atoms with Crippen LogP contribution in [0.2, 0.25) is 0 Å². The number of imide groups is 1. The highest BCUT2D eigenvalue weighted by molar-refractivity contribution is 5.96. The number of methoxy groups -OCH3 is 1. The molecular formula is C35H46N2O6. The molecule has 0 heterocycles. The summed E-state index contributed by atoms with van der Waals surface area (Å²) in [5.74, 6) is -2.27. The van der Waals surface area contributed by atoms with Crippen LogP contribution in [0.3, 0.4) is 0 Å². The average Bonchev–Trinajstić information content (AvgIpc) is 2.98. The van der Waals surface area contributed by atoms with Crippen LogP contribution in [-0.4, -0.2) is 54.5 Å². The Morgan fingerprint density at radius 1 is 1.12 bits per heavy atom. The molecule has 0 bridgehead atoms. The fourth-order valence-corrected chi connectivity index (χ4v) is 5.06. The summed E-state index contributed by atoms with van der Waals surface area (Å²) in [5, 5.41) is 0. The van der Waals surface area contributed by atoms with Crippen molar-refractivity contribution in [3.05, 3.63) is 94.6 Å². The van der Waals surface area contributed by atoms with Crippen LogP contribution in [0.25, 0.3) is 0 Å². The van der Waals surface area contributed by atoms with E-state index in [4.69, 9.17) is 15.2 Å². The molecule has 3 atom stereocenters. The van der Waals surface area contributed by atoms with Gasteiger partial charge in [-0.2, -0.15) is 0 Å². The maximum atomic E-state index is 13.2. The summed E-state index contributed by atoms with van der Waals surface area (Å²) in [4.78, 5) is 51.4. The first-order valence-corrected chi connectivity index (χ1v) is 14.6. The zero-order valence-corrected chi connectivity index (χ0v) is 26.5. The zero-order chi connectivity index (χ0) is 32.2. The van der Waals surface area contributed by atoms with Gasteiger partial charge in [-0.1, -0.05) is 97.4 Å². The van der Waals surface area contributed by atoms with E-state index in [0.29, 0.717) is 11.3 Å². The fourth-order valence-electron chi connectivity index (χ4n) is 5.06. The Labute approximate surface area is 256 Å². The number of allylic oxidation sites excluding steroid dienone is 9. The number of rotatable bonds is 13. The molecule has 2 N–H and O–H groups in total. The van der Waals surface area contributed by atoms with Gasteiger partial charge in [0.1, 0.15) is 12.1 Å². The molecule has 8 nitrogen and oxygen atoms in total. The maximum absolute atomic E-state index is 13.2. The Morgan fingerprint density at radius 2 is 1.79 bits per heavy atom. The predicted molar refractivity (Wildman–Crippen MR) is 169 cm³/mol. The summed E-state index contributed by atoms with van der Waals surface area (Å²) >= 11 is 0. The van der Waals surface area contributed by atoms with E-state index < -0.39 is 47.9 Å². The molecule has 2 rings (SSSR count). The van der Waals surface area contributed by atoms with E-state index in [9.17, 15) is 19.2 Å². The van der Waals surface area contributed by atoms with Gasteiger partial charge in [0, 0.05) is 11.8 Å². The summed E-state index contributed by atoms with van der Waals surface area (Å²) in [6.45, 7) is 12.2. The number of benzene rings is 1. The number of esters is 2. The van der Waals surface area contributed by atoms with Gasteiger partial charge < -0.3 is 15.2 Å². The molecule has 0 aromatic heterocycles. The van der Waals surface area contributed by atoms with Crippen LogP contribution in [0.5, 0.6) is 0 Å². The second-order valence-electron chi connectivity index (χ2n) is 11.5. The van der Waals surface area contributed by atoms with E-state index >= 15 is 0 Å². The van der Waals surface area contributed by atoms with Crippen LogP contribution in [0.4, 0.5) is 0 Å². The Kier molecular flexibility index (Phi) is 13.5. The van der Waals surface area contributed by atoms with Crippen LogP contribution < -0.4 is 5.73 Å². The lowest BCUT2D eigenvalue weighted by Gasteiger charge is -2.40. The normalized spacial score (nSPS) is 18.8. The van der Waals surface area contributed by atoms with Crippen molar-refractivity contribution in [2.75, 3.05) is 7.11 Å². The smallest absolute Gasteiger partial charge is 0.329 e. The highest BCUT2D eigenvalue weighted by atomic mass is 16.5. The second-order valence-corrected chi connectivity index (χ2v) is 11.5. The Bertz CT molecular complexity index is 1300. The Hall–Kier alpha value is -4.04. The summed E-state index contributed by atoms with van der Waals surface area (Å²) in [6.07, 6.45) is 13.1. The van der Waals surface area contributed by atoms with E-state index in [-0.39, 0.29) is 12.8 Å². The van der Waals surface area contributed by atoms with E-state index in [1.54, 1.807) is 24.3 Å². The third-order valence-electron chi connectivity index (χ3n) is 7.85. The number of amides is 2. The van der Waals surface area contributed by atoms with Gasteiger partial charge in [0.2, 0.25) is 12.3 Å². The van der Waals surface area contributed by atoms with E-state index in [1.165, 1.54) is 18.3 Å². The van der Waals surface area contributed by atoms with Gasteiger partial charge in [-0.05, 0) is 51.7 Å². The van der Waals surface area contributed by atoms with Crippen molar-refractivity contribution in [2.45, 2.75) is 85.4 Å². The molecule has 1 aliphatic carbocycles. The molecule has 0 aliphatic heterocycles. The number of carbonyl (C=O) groups is 4. The number of nitrogens with zero attached hydrogens (tertiary/aromatic N) is 1. The van der Waals surface area contributed by atoms with Crippen molar-refractivity contribution in [3.63, 3.8) is 0 Å². The van der Waals surface area contributed by atoms with Gasteiger partial charge in [0.05, 0.1) is 19.6 Å². The van der Waals surface area contributed by atoms with Gasteiger partial charge in [-0.25, -0.2) is 4.79 Å². The molecule has 43 heavy (non-hydrogen) atoms. The van der Waals surface area contributed by atoms with E-state index in [1.807, 2.05) is 65.0 Å². The van der Waals surface area contributed by atoms with Gasteiger partial charge in [-0.3, -0.25) is 19.3 Å². The van der Waals surface area contributed by atoms with Crippen LogP contribution in [-0.2, 0) is 35.1 Å². The first-order chi connectivity index (χ1) is 20.3. The van der Waals surface area contributed by atoms with Crippen molar-refractivity contribution in [1.82, 2.24) is 4.90 Å². The third-order valence-corrected chi connectivity index (χ3v) is 7.85. The van der Waals surface area contributed by atoms with E-state index in [0.717, 1.165) is 23.1 Å². The minimum Gasteiger partial charge on any atom is -0.467 e.